The van der Waals surface area contributed by atoms with Crippen LogP contribution in [0, 0.1) is 0 Å². The summed E-state index contributed by atoms with van der Waals surface area (Å²) in [5, 5.41) is 0. The van der Waals surface area contributed by atoms with Gasteiger partial charge in [0.2, 0.25) is 0 Å². The van der Waals surface area contributed by atoms with E-state index in [0.717, 1.165) is 6.42 Å². The molecule has 0 aromatic heterocycles. The van der Waals surface area contributed by atoms with Gasteiger partial charge in [-0.1, -0.05) is 103 Å². The zero-order chi connectivity index (χ0) is 16.3. The maximum absolute atomic E-state index is 10.7. The first-order valence-corrected chi connectivity index (χ1v) is 11.4. The van der Waals surface area contributed by atoms with Gasteiger partial charge in [0.05, 0.1) is 0 Å². The molecule has 1 unspecified atom stereocenters. The monoisotopic (exact) mass is 331 g/mol. The molecule has 2 nitrogen and oxygen atoms in total. The molecule has 0 saturated carbocycles. The molecule has 0 aliphatic rings. The maximum Gasteiger partial charge on any atom is 0.504 e. The lowest BCUT2D eigenvalue weighted by Crippen LogP contribution is -1.87. The lowest BCUT2D eigenvalue weighted by Gasteiger charge is -2.03. The molecule has 0 fully saturated rings. The normalized spacial score (nSPS) is 11.8. The molecule has 1 atom stereocenters. The third-order valence-corrected chi connectivity index (χ3v) is 4.82. The highest BCUT2D eigenvalue weighted by Crippen LogP contribution is 2.17. The van der Waals surface area contributed by atoms with Gasteiger partial charge in [-0.3, -0.25) is 0 Å². The SMILES string of the molecule is CCCCCCCCCCCCCCCCCCO[P+](C)=O. The van der Waals surface area contributed by atoms with E-state index in [1.165, 1.54) is 96.3 Å². The van der Waals surface area contributed by atoms with Crippen LogP contribution in [0.25, 0.3) is 0 Å². The van der Waals surface area contributed by atoms with Crippen LogP contribution in [0.15, 0.2) is 0 Å². The van der Waals surface area contributed by atoms with E-state index in [9.17, 15) is 4.57 Å². The minimum Gasteiger partial charge on any atom is -0.147 e. The number of hydrogen-bond donors (Lipinski definition) is 0. The van der Waals surface area contributed by atoms with Crippen molar-refractivity contribution in [1.82, 2.24) is 0 Å². The van der Waals surface area contributed by atoms with Crippen LogP contribution in [0.2, 0.25) is 0 Å². The lowest BCUT2D eigenvalue weighted by atomic mass is 10.0. The fraction of sp³-hybridized carbons (Fsp3) is 1.00. The summed E-state index contributed by atoms with van der Waals surface area (Å²) in [6.45, 7) is 4.58. The molecule has 3 heteroatoms. The largest absolute Gasteiger partial charge is 0.504 e. The van der Waals surface area contributed by atoms with Crippen LogP contribution in [-0.2, 0) is 9.09 Å². The van der Waals surface area contributed by atoms with Crippen molar-refractivity contribution in [2.24, 2.45) is 0 Å². The van der Waals surface area contributed by atoms with Crippen LogP contribution in [0.5, 0.6) is 0 Å². The van der Waals surface area contributed by atoms with E-state index in [1.54, 1.807) is 6.66 Å². The van der Waals surface area contributed by atoms with Crippen LogP contribution in [0.4, 0.5) is 0 Å². The Labute approximate surface area is 140 Å². The smallest absolute Gasteiger partial charge is 0.147 e. The van der Waals surface area contributed by atoms with Gasteiger partial charge in [0, 0.05) is 0 Å². The Balaban J connectivity index is 2.95. The maximum atomic E-state index is 10.7. The van der Waals surface area contributed by atoms with Crippen LogP contribution in [0.1, 0.15) is 110 Å². The van der Waals surface area contributed by atoms with E-state index in [-0.39, 0.29) is 0 Å². The zero-order valence-electron chi connectivity index (χ0n) is 15.3. The molecule has 132 valence electrons. The van der Waals surface area contributed by atoms with E-state index < -0.39 is 8.03 Å². The summed E-state index contributed by atoms with van der Waals surface area (Å²) in [6, 6.07) is 0. The van der Waals surface area contributed by atoms with Crippen molar-refractivity contribution in [3.05, 3.63) is 0 Å². The molecule has 0 radical (unpaired) electrons. The summed E-state index contributed by atoms with van der Waals surface area (Å²) >= 11 is 0. The molecule has 0 aliphatic heterocycles. The molecule has 0 aromatic rings. The molecule has 0 amide bonds. The van der Waals surface area contributed by atoms with Crippen molar-refractivity contribution in [3.63, 3.8) is 0 Å². The van der Waals surface area contributed by atoms with Crippen molar-refractivity contribution in [3.8, 4) is 0 Å². The first-order chi connectivity index (χ1) is 10.8. The Morgan fingerprint density at radius 1 is 0.591 bits per heavy atom. The van der Waals surface area contributed by atoms with E-state index in [2.05, 4.69) is 6.92 Å². The van der Waals surface area contributed by atoms with Gasteiger partial charge in [-0.05, 0) is 11.0 Å². The van der Waals surface area contributed by atoms with Crippen LogP contribution < -0.4 is 0 Å². The fourth-order valence-corrected chi connectivity index (χ4v) is 3.23. The highest BCUT2D eigenvalue weighted by molar-refractivity contribution is 7.38. The zero-order valence-corrected chi connectivity index (χ0v) is 16.2. The molecular formula is C19H40O2P+. The van der Waals surface area contributed by atoms with Gasteiger partial charge < -0.3 is 0 Å². The van der Waals surface area contributed by atoms with E-state index in [0.29, 0.717) is 6.61 Å². The summed E-state index contributed by atoms with van der Waals surface area (Å²) in [6.07, 6.45) is 22.1. The van der Waals surface area contributed by atoms with Gasteiger partial charge in [0.25, 0.3) is 0 Å². The van der Waals surface area contributed by atoms with Gasteiger partial charge in [-0.25, -0.2) is 0 Å². The van der Waals surface area contributed by atoms with Crippen LogP contribution >= 0.6 is 8.03 Å². The van der Waals surface area contributed by atoms with Gasteiger partial charge in [-0.2, -0.15) is 0 Å². The van der Waals surface area contributed by atoms with Crippen molar-refractivity contribution >= 4 is 8.03 Å². The first kappa shape index (κ1) is 22.1. The van der Waals surface area contributed by atoms with Crippen molar-refractivity contribution in [1.29, 1.82) is 0 Å². The molecule has 0 saturated heterocycles. The number of rotatable bonds is 18. The average Bonchev–Trinajstić information content (AvgIpc) is 2.50. The summed E-state index contributed by atoms with van der Waals surface area (Å²) < 4.78 is 15.8. The lowest BCUT2D eigenvalue weighted by molar-refractivity contribution is 0.318. The highest BCUT2D eigenvalue weighted by atomic mass is 31.1. The first-order valence-electron chi connectivity index (χ1n) is 9.81. The molecule has 0 aromatic carbocycles. The second-order valence-electron chi connectivity index (χ2n) is 6.58. The van der Waals surface area contributed by atoms with Gasteiger partial charge in [0.1, 0.15) is 6.61 Å². The Morgan fingerprint density at radius 3 is 1.23 bits per heavy atom. The topological polar surface area (TPSA) is 26.3 Å². The second-order valence-corrected chi connectivity index (χ2v) is 7.71. The van der Waals surface area contributed by atoms with Gasteiger partial charge >= 0.3 is 8.03 Å². The average molecular weight is 332 g/mol. The number of hydrogen-bond acceptors (Lipinski definition) is 2. The molecular weight excluding hydrogens is 291 g/mol. The van der Waals surface area contributed by atoms with E-state index in [1.807, 2.05) is 0 Å². The molecule has 0 spiro atoms. The Bertz CT molecular complexity index is 231. The highest BCUT2D eigenvalue weighted by Gasteiger charge is 2.04. The molecule has 22 heavy (non-hydrogen) atoms. The van der Waals surface area contributed by atoms with Crippen molar-refractivity contribution in [2.75, 3.05) is 13.3 Å². The van der Waals surface area contributed by atoms with Crippen LogP contribution in [-0.4, -0.2) is 13.3 Å². The van der Waals surface area contributed by atoms with E-state index >= 15 is 0 Å². The van der Waals surface area contributed by atoms with Gasteiger partial charge in [-0.15, -0.1) is 4.52 Å². The minimum atomic E-state index is -1.39. The van der Waals surface area contributed by atoms with Crippen molar-refractivity contribution in [2.45, 2.75) is 110 Å². The molecule has 0 aliphatic carbocycles. The summed E-state index contributed by atoms with van der Waals surface area (Å²) in [7, 11) is -1.39. The second kappa shape index (κ2) is 19.1. The predicted octanol–water partition coefficient (Wildman–Crippen LogP) is 7.64. The molecule has 0 N–H and O–H groups in total. The summed E-state index contributed by atoms with van der Waals surface area (Å²) in [5.41, 5.74) is 0. The molecule has 0 rings (SSSR count). The quantitative estimate of drug-likeness (QED) is 0.190. The van der Waals surface area contributed by atoms with Gasteiger partial charge in [0.15, 0.2) is 6.66 Å². The number of unbranched alkanes of at least 4 members (excludes halogenated alkanes) is 15. The summed E-state index contributed by atoms with van der Waals surface area (Å²) in [4.78, 5) is 0. The van der Waals surface area contributed by atoms with Crippen LogP contribution in [0.3, 0.4) is 0 Å². The minimum absolute atomic E-state index is 0.671. The predicted molar refractivity (Wildman–Crippen MR) is 99.0 cm³/mol. The molecule has 0 heterocycles. The van der Waals surface area contributed by atoms with E-state index in [4.69, 9.17) is 4.52 Å². The fourth-order valence-electron chi connectivity index (χ4n) is 2.84. The Hall–Kier alpha value is 0.0600. The Kier molecular flexibility index (Phi) is 19.2. The van der Waals surface area contributed by atoms with Crippen molar-refractivity contribution < 1.29 is 9.09 Å². The Morgan fingerprint density at radius 2 is 0.909 bits per heavy atom. The third kappa shape index (κ3) is 20.1. The summed E-state index contributed by atoms with van der Waals surface area (Å²) in [5.74, 6) is 0. The third-order valence-electron chi connectivity index (χ3n) is 4.27. The standard InChI is InChI=1S/C19H40O2P/c1-3-4-5-6-7-8-9-10-11-12-13-14-15-16-17-18-19-21-22(2)20/h3-19H2,1-2H3/q+1. The molecule has 0 bridgehead atoms.